The molecule has 0 aliphatic carbocycles. The molecule has 2 rings (SSSR count). The molecular formula is C14H15FN2O2. The number of fused-ring (bicyclic) bond motifs is 1. The number of hydrogen-bond acceptors (Lipinski definition) is 3. The van der Waals surface area contributed by atoms with Gasteiger partial charge in [0.25, 0.3) is 5.91 Å². The molecule has 0 saturated carbocycles. The zero-order valence-electron chi connectivity index (χ0n) is 10.9. The maximum Gasteiger partial charge on any atom is 0.255 e. The third kappa shape index (κ3) is 2.32. The van der Waals surface area contributed by atoms with Crippen molar-refractivity contribution in [1.82, 2.24) is 4.90 Å². The molecule has 0 saturated heterocycles. The zero-order chi connectivity index (χ0) is 14.2. The van der Waals surface area contributed by atoms with Crippen LogP contribution in [0.1, 0.15) is 35.8 Å². The van der Waals surface area contributed by atoms with Gasteiger partial charge in [-0.25, -0.2) is 4.39 Å². The van der Waals surface area contributed by atoms with Crippen molar-refractivity contribution in [3.8, 4) is 6.07 Å². The third-order valence-electron chi connectivity index (χ3n) is 3.26. The molecule has 0 radical (unpaired) electrons. The molecule has 1 N–H and O–H groups in total. The van der Waals surface area contributed by atoms with Crippen LogP contribution in [0.2, 0.25) is 0 Å². The van der Waals surface area contributed by atoms with Crippen LogP contribution in [-0.4, -0.2) is 29.1 Å². The third-order valence-corrected chi connectivity index (χ3v) is 3.26. The molecule has 1 aliphatic heterocycles. The molecule has 19 heavy (non-hydrogen) atoms. The maximum atomic E-state index is 13.3. The standard InChI is InChI=1S/C14H15FN2O2/c1-14(2,8-18)7-17-12(6-16)11-5-9(15)3-4-10(11)13(17)19/h3-5,12,18H,7-8H2,1-2H3. The highest BCUT2D eigenvalue weighted by molar-refractivity contribution is 5.99. The molecule has 1 atom stereocenters. The van der Waals surface area contributed by atoms with Gasteiger partial charge in [0.1, 0.15) is 11.9 Å². The van der Waals surface area contributed by atoms with E-state index in [4.69, 9.17) is 0 Å². The SMILES string of the molecule is CC(C)(CO)CN1C(=O)c2ccc(F)cc2C1C#N. The number of carbonyl (C=O) groups excluding carboxylic acids is 1. The average molecular weight is 262 g/mol. The van der Waals surface area contributed by atoms with Crippen molar-refractivity contribution in [3.63, 3.8) is 0 Å². The summed E-state index contributed by atoms with van der Waals surface area (Å²) in [6.45, 7) is 3.76. The van der Waals surface area contributed by atoms with Crippen LogP contribution in [-0.2, 0) is 0 Å². The van der Waals surface area contributed by atoms with E-state index in [2.05, 4.69) is 0 Å². The number of halogens is 1. The molecule has 1 aromatic rings. The molecular weight excluding hydrogens is 247 g/mol. The minimum absolute atomic E-state index is 0.0976. The van der Waals surface area contributed by atoms with E-state index >= 15 is 0 Å². The fourth-order valence-electron chi connectivity index (χ4n) is 2.21. The molecule has 1 amide bonds. The second kappa shape index (κ2) is 4.63. The largest absolute Gasteiger partial charge is 0.396 e. The first-order valence-corrected chi connectivity index (χ1v) is 6.00. The van der Waals surface area contributed by atoms with E-state index in [-0.39, 0.29) is 19.1 Å². The summed E-state index contributed by atoms with van der Waals surface area (Å²) in [7, 11) is 0. The molecule has 0 spiro atoms. The van der Waals surface area contributed by atoms with E-state index in [0.29, 0.717) is 11.1 Å². The summed E-state index contributed by atoms with van der Waals surface area (Å²) in [5, 5.41) is 18.5. The topological polar surface area (TPSA) is 64.3 Å². The highest BCUT2D eigenvalue weighted by Crippen LogP contribution is 2.35. The number of aliphatic hydroxyl groups is 1. The Balaban J connectivity index is 2.40. The Kier molecular flexibility index (Phi) is 3.29. The summed E-state index contributed by atoms with van der Waals surface area (Å²) in [6.07, 6.45) is 0. The Morgan fingerprint density at radius 2 is 2.21 bits per heavy atom. The lowest BCUT2D eigenvalue weighted by atomic mass is 9.93. The van der Waals surface area contributed by atoms with E-state index < -0.39 is 17.3 Å². The van der Waals surface area contributed by atoms with E-state index in [1.165, 1.54) is 23.1 Å². The van der Waals surface area contributed by atoms with Gasteiger partial charge in [-0.3, -0.25) is 4.79 Å². The number of hydrogen-bond donors (Lipinski definition) is 1. The van der Waals surface area contributed by atoms with Gasteiger partial charge >= 0.3 is 0 Å². The van der Waals surface area contributed by atoms with Gasteiger partial charge in [0.2, 0.25) is 0 Å². The van der Waals surface area contributed by atoms with Gasteiger partial charge in [-0.2, -0.15) is 5.26 Å². The minimum atomic E-state index is -0.788. The number of nitriles is 1. The first-order valence-electron chi connectivity index (χ1n) is 6.00. The molecule has 1 aromatic carbocycles. The van der Waals surface area contributed by atoms with E-state index in [1.54, 1.807) is 13.8 Å². The van der Waals surface area contributed by atoms with Crippen LogP contribution in [0.3, 0.4) is 0 Å². The summed E-state index contributed by atoms with van der Waals surface area (Å²) in [5.74, 6) is -0.752. The van der Waals surface area contributed by atoms with Crippen LogP contribution >= 0.6 is 0 Å². The van der Waals surface area contributed by atoms with Crippen molar-refractivity contribution in [2.75, 3.05) is 13.2 Å². The molecule has 4 nitrogen and oxygen atoms in total. The van der Waals surface area contributed by atoms with Gasteiger partial charge in [-0.15, -0.1) is 0 Å². The van der Waals surface area contributed by atoms with E-state index in [1.807, 2.05) is 6.07 Å². The molecule has 100 valence electrons. The van der Waals surface area contributed by atoms with Gasteiger partial charge in [-0.1, -0.05) is 13.8 Å². The molecule has 1 heterocycles. The Morgan fingerprint density at radius 3 is 2.79 bits per heavy atom. The Bertz CT molecular complexity index is 563. The second-order valence-electron chi connectivity index (χ2n) is 5.52. The fraction of sp³-hybridized carbons (Fsp3) is 0.429. The van der Waals surface area contributed by atoms with E-state index in [0.717, 1.165) is 0 Å². The summed E-state index contributed by atoms with van der Waals surface area (Å²) >= 11 is 0. The Labute approximate surface area is 111 Å². The summed E-state index contributed by atoms with van der Waals surface area (Å²) in [5.41, 5.74) is 0.258. The van der Waals surface area contributed by atoms with Crippen molar-refractivity contribution in [3.05, 3.63) is 35.1 Å². The monoisotopic (exact) mass is 262 g/mol. The van der Waals surface area contributed by atoms with Gasteiger partial charge in [0.15, 0.2) is 0 Å². The van der Waals surface area contributed by atoms with Crippen molar-refractivity contribution in [2.45, 2.75) is 19.9 Å². The van der Waals surface area contributed by atoms with Crippen molar-refractivity contribution < 1.29 is 14.3 Å². The lowest BCUT2D eigenvalue weighted by Gasteiger charge is -2.30. The van der Waals surface area contributed by atoms with Crippen LogP contribution in [0.15, 0.2) is 18.2 Å². The van der Waals surface area contributed by atoms with Gasteiger partial charge in [0.05, 0.1) is 6.07 Å². The Morgan fingerprint density at radius 1 is 1.53 bits per heavy atom. The van der Waals surface area contributed by atoms with Crippen molar-refractivity contribution >= 4 is 5.91 Å². The number of amides is 1. The highest BCUT2D eigenvalue weighted by atomic mass is 19.1. The molecule has 5 heteroatoms. The Hall–Kier alpha value is -1.93. The van der Waals surface area contributed by atoms with Crippen molar-refractivity contribution in [2.24, 2.45) is 5.41 Å². The van der Waals surface area contributed by atoms with Crippen LogP contribution in [0.4, 0.5) is 4.39 Å². The number of rotatable bonds is 3. The van der Waals surface area contributed by atoms with Crippen LogP contribution < -0.4 is 0 Å². The molecule has 0 fully saturated rings. The molecule has 0 bridgehead atoms. The summed E-state index contributed by atoms with van der Waals surface area (Å²) < 4.78 is 13.3. The van der Waals surface area contributed by atoms with Crippen LogP contribution in [0.5, 0.6) is 0 Å². The summed E-state index contributed by atoms with van der Waals surface area (Å²) in [6, 6.07) is 5.09. The maximum absolute atomic E-state index is 13.3. The number of nitrogens with zero attached hydrogens (tertiary/aromatic N) is 2. The highest BCUT2D eigenvalue weighted by Gasteiger charge is 2.39. The lowest BCUT2D eigenvalue weighted by molar-refractivity contribution is 0.0591. The van der Waals surface area contributed by atoms with Crippen molar-refractivity contribution in [1.29, 1.82) is 5.26 Å². The van der Waals surface area contributed by atoms with Gasteiger partial charge in [-0.05, 0) is 18.2 Å². The lowest BCUT2D eigenvalue weighted by Crippen LogP contribution is -2.38. The first kappa shape index (κ1) is 13.5. The molecule has 1 unspecified atom stereocenters. The molecule has 0 aromatic heterocycles. The van der Waals surface area contributed by atoms with Gasteiger partial charge < -0.3 is 10.0 Å². The quantitative estimate of drug-likeness (QED) is 0.904. The predicted molar refractivity (Wildman–Crippen MR) is 66.7 cm³/mol. The normalized spacial score (nSPS) is 18.4. The fourth-order valence-corrected chi connectivity index (χ4v) is 2.21. The average Bonchev–Trinajstić information content (AvgIpc) is 2.61. The van der Waals surface area contributed by atoms with Crippen LogP contribution in [0, 0.1) is 22.6 Å². The number of benzene rings is 1. The summed E-state index contributed by atoms with van der Waals surface area (Å²) in [4.78, 5) is 13.6. The number of carbonyl (C=O) groups is 1. The number of aliphatic hydroxyl groups excluding tert-OH is 1. The van der Waals surface area contributed by atoms with Crippen LogP contribution in [0.25, 0.3) is 0 Å². The molecule has 1 aliphatic rings. The van der Waals surface area contributed by atoms with Gasteiger partial charge in [0, 0.05) is 29.7 Å². The minimum Gasteiger partial charge on any atom is -0.396 e. The second-order valence-corrected chi connectivity index (χ2v) is 5.52. The smallest absolute Gasteiger partial charge is 0.255 e. The zero-order valence-corrected chi connectivity index (χ0v) is 10.9. The van der Waals surface area contributed by atoms with E-state index in [9.17, 15) is 19.6 Å². The first-order chi connectivity index (χ1) is 8.89. The predicted octanol–water partition coefficient (Wildman–Crippen LogP) is 1.86.